The number of rotatable bonds is 5. The minimum atomic E-state index is -0.312. The second kappa shape index (κ2) is 8.09. The summed E-state index contributed by atoms with van der Waals surface area (Å²) in [5.74, 6) is 0. The topological polar surface area (TPSA) is 37.3 Å². The number of allylic oxidation sites excluding steroid dienone is 9. The van der Waals surface area contributed by atoms with Gasteiger partial charge < -0.3 is 5.11 Å². The Balaban J connectivity index is 2.88. The van der Waals surface area contributed by atoms with Crippen LogP contribution in [-0.2, 0) is 4.79 Å². The van der Waals surface area contributed by atoms with Crippen LogP contribution in [0.4, 0.5) is 0 Å². The summed E-state index contributed by atoms with van der Waals surface area (Å²) in [6.07, 6.45) is 13.9. The van der Waals surface area contributed by atoms with E-state index in [0.717, 1.165) is 35.8 Å². The first-order valence-electron chi connectivity index (χ1n) is 7.82. The zero-order chi connectivity index (χ0) is 16.8. The molecule has 22 heavy (non-hydrogen) atoms. The van der Waals surface area contributed by atoms with Crippen LogP contribution >= 0.6 is 0 Å². The van der Waals surface area contributed by atoms with E-state index in [0.29, 0.717) is 0 Å². The predicted octanol–water partition coefficient (Wildman–Crippen LogP) is 4.69. The number of carbonyl (C=O) groups is 1. The van der Waals surface area contributed by atoms with Crippen molar-refractivity contribution in [3.63, 3.8) is 0 Å². The molecule has 1 atom stereocenters. The highest BCUT2D eigenvalue weighted by Gasteiger charge is 2.30. The largest absolute Gasteiger partial charge is 0.389 e. The van der Waals surface area contributed by atoms with Crippen LogP contribution in [0, 0.1) is 5.41 Å². The Labute approximate surface area is 134 Å². The molecule has 1 aliphatic rings. The summed E-state index contributed by atoms with van der Waals surface area (Å²) in [4.78, 5) is 10.3. The molecule has 0 aromatic rings. The minimum absolute atomic E-state index is 0.110. The molecule has 0 spiro atoms. The zero-order valence-electron chi connectivity index (χ0n) is 14.4. The Hall–Kier alpha value is -1.67. The van der Waals surface area contributed by atoms with Gasteiger partial charge in [-0.05, 0) is 61.8 Å². The molecule has 0 saturated carbocycles. The minimum Gasteiger partial charge on any atom is -0.389 e. The van der Waals surface area contributed by atoms with Crippen molar-refractivity contribution in [1.29, 1.82) is 0 Å². The molecule has 0 amide bonds. The van der Waals surface area contributed by atoms with Crippen molar-refractivity contribution in [1.82, 2.24) is 0 Å². The lowest BCUT2D eigenvalue weighted by Gasteiger charge is -2.35. The molecule has 0 aromatic carbocycles. The third kappa shape index (κ3) is 5.27. The molecule has 0 aromatic heterocycles. The van der Waals surface area contributed by atoms with Gasteiger partial charge in [0.25, 0.3) is 0 Å². The number of aliphatic hydroxyl groups is 1. The Morgan fingerprint density at radius 1 is 1.18 bits per heavy atom. The van der Waals surface area contributed by atoms with E-state index in [2.05, 4.69) is 26.0 Å². The van der Waals surface area contributed by atoms with E-state index in [1.54, 1.807) is 0 Å². The lowest BCUT2D eigenvalue weighted by atomic mass is 9.71. The predicted molar refractivity (Wildman–Crippen MR) is 93.6 cm³/mol. The van der Waals surface area contributed by atoms with Gasteiger partial charge in [-0.3, -0.25) is 4.79 Å². The first-order valence-corrected chi connectivity index (χ1v) is 7.82. The number of aliphatic hydroxyl groups excluding tert-OH is 1. The van der Waals surface area contributed by atoms with Gasteiger partial charge in [-0.2, -0.15) is 0 Å². The van der Waals surface area contributed by atoms with Crippen molar-refractivity contribution in [3.8, 4) is 0 Å². The summed E-state index contributed by atoms with van der Waals surface area (Å²) >= 11 is 0. The summed E-state index contributed by atoms with van der Waals surface area (Å²) in [5, 5.41) is 10.0. The van der Waals surface area contributed by atoms with Gasteiger partial charge in [-0.25, -0.2) is 0 Å². The molecule has 1 aliphatic carbocycles. The van der Waals surface area contributed by atoms with Crippen molar-refractivity contribution >= 4 is 6.29 Å². The van der Waals surface area contributed by atoms with Crippen molar-refractivity contribution in [2.75, 3.05) is 0 Å². The average molecular weight is 300 g/mol. The molecule has 0 radical (unpaired) electrons. The summed E-state index contributed by atoms with van der Waals surface area (Å²) < 4.78 is 0. The van der Waals surface area contributed by atoms with Crippen LogP contribution in [0.1, 0.15) is 47.5 Å². The maximum absolute atomic E-state index is 10.3. The van der Waals surface area contributed by atoms with Crippen molar-refractivity contribution in [3.05, 3.63) is 58.7 Å². The van der Waals surface area contributed by atoms with E-state index >= 15 is 0 Å². The number of aldehydes is 1. The van der Waals surface area contributed by atoms with E-state index in [9.17, 15) is 9.90 Å². The average Bonchev–Trinajstić information content (AvgIpc) is 2.43. The highest BCUT2D eigenvalue weighted by Crippen LogP contribution is 2.40. The van der Waals surface area contributed by atoms with Gasteiger partial charge in [0.15, 0.2) is 0 Å². The molecule has 0 fully saturated rings. The van der Waals surface area contributed by atoms with Gasteiger partial charge in [-0.15, -0.1) is 0 Å². The lowest BCUT2D eigenvalue weighted by Crippen LogP contribution is -2.27. The molecule has 0 heterocycles. The molecule has 1 unspecified atom stereocenters. The van der Waals surface area contributed by atoms with Crippen LogP contribution in [0.25, 0.3) is 0 Å². The first kappa shape index (κ1) is 18.4. The fourth-order valence-electron chi connectivity index (χ4n) is 2.70. The molecule has 0 bridgehead atoms. The van der Waals surface area contributed by atoms with Gasteiger partial charge in [0.05, 0.1) is 6.10 Å². The quantitative estimate of drug-likeness (QED) is 0.454. The Morgan fingerprint density at radius 3 is 2.45 bits per heavy atom. The number of hydrogen-bond donors (Lipinski definition) is 1. The van der Waals surface area contributed by atoms with Gasteiger partial charge in [0.1, 0.15) is 6.29 Å². The Bertz CT molecular complexity index is 554. The molecule has 1 N–H and O–H groups in total. The molecule has 2 heteroatoms. The molecule has 0 aliphatic heterocycles. The van der Waals surface area contributed by atoms with E-state index in [4.69, 9.17) is 0 Å². The molecule has 120 valence electrons. The zero-order valence-corrected chi connectivity index (χ0v) is 14.4. The number of hydrogen-bond acceptors (Lipinski definition) is 2. The SMILES string of the molecule is CC1=C(/C=C/C(C)=C/C=C/C(C)=C\C=O)C(C)(C)CCC1O. The van der Waals surface area contributed by atoms with Gasteiger partial charge in [0, 0.05) is 0 Å². The summed E-state index contributed by atoms with van der Waals surface area (Å²) in [6.45, 7) is 10.4. The van der Waals surface area contributed by atoms with Crippen LogP contribution in [-0.4, -0.2) is 17.5 Å². The molecular weight excluding hydrogens is 272 g/mol. The van der Waals surface area contributed by atoms with Gasteiger partial charge in [0.2, 0.25) is 0 Å². The second-order valence-electron chi connectivity index (χ2n) is 6.68. The Morgan fingerprint density at radius 2 is 1.82 bits per heavy atom. The van der Waals surface area contributed by atoms with Crippen LogP contribution in [0.5, 0.6) is 0 Å². The molecule has 0 saturated heterocycles. The summed E-state index contributed by atoms with van der Waals surface area (Å²) in [5.41, 5.74) is 4.49. The third-order valence-corrected chi connectivity index (χ3v) is 4.26. The van der Waals surface area contributed by atoms with Crippen molar-refractivity contribution < 1.29 is 9.90 Å². The molecule has 1 rings (SSSR count). The normalized spacial score (nSPS) is 23.6. The third-order valence-electron chi connectivity index (χ3n) is 4.26. The van der Waals surface area contributed by atoms with Crippen molar-refractivity contribution in [2.24, 2.45) is 5.41 Å². The standard InChI is InChI=1S/C20H28O2/c1-15(7-6-8-16(2)12-14-21)9-10-18-17(3)19(22)11-13-20(18,4)5/h6-10,12,14,19,22H,11,13H2,1-5H3/b8-6+,10-9+,15-7+,16-12-. The van der Waals surface area contributed by atoms with Crippen LogP contribution in [0.15, 0.2) is 58.7 Å². The maximum Gasteiger partial charge on any atom is 0.143 e. The van der Waals surface area contributed by atoms with Gasteiger partial charge in [-0.1, -0.05) is 49.8 Å². The summed E-state index contributed by atoms with van der Waals surface area (Å²) in [7, 11) is 0. The van der Waals surface area contributed by atoms with Gasteiger partial charge >= 0.3 is 0 Å². The molecular formula is C20H28O2. The van der Waals surface area contributed by atoms with Crippen LogP contribution < -0.4 is 0 Å². The van der Waals surface area contributed by atoms with Crippen LogP contribution in [0.2, 0.25) is 0 Å². The monoisotopic (exact) mass is 300 g/mol. The van der Waals surface area contributed by atoms with E-state index in [-0.39, 0.29) is 11.5 Å². The second-order valence-corrected chi connectivity index (χ2v) is 6.68. The fourth-order valence-corrected chi connectivity index (χ4v) is 2.70. The Kier molecular flexibility index (Phi) is 6.76. The first-order chi connectivity index (χ1) is 10.3. The lowest BCUT2D eigenvalue weighted by molar-refractivity contribution is -0.104. The summed E-state index contributed by atoms with van der Waals surface area (Å²) in [6, 6.07) is 0. The highest BCUT2D eigenvalue weighted by atomic mass is 16.3. The van der Waals surface area contributed by atoms with E-state index in [1.165, 1.54) is 11.6 Å². The fraction of sp³-hybridized carbons (Fsp3) is 0.450. The number of carbonyl (C=O) groups excluding carboxylic acids is 1. The van der Waals surface area contributed by atoms with Crippen molar-refractivity contribution in [2.45, 2.75) is 53.6 Å². The van der Waals surface area contributed by atoms with E-state index in [1.807, 2.05) is 39.0 Å². The smallest absolute Gasteiger partial charge is 0.143 e. The van der Waals surface area contributed by atoms with E-state index < -0.39 is 0 Å². The molecule has 2 nitrogen and oxygen atoms in total. The maximum atomic E-state index is 10.3. The highest BCUT2D eigenvalue weighted by molar-refractivity contribution is 5.66. The van der Waals surface area contributed by atoms with Crippen LogP contribution in [0.3, 0.4) is 0 Å².